The number of nitro groups is 1. The number of hydrogen-bond acceptors (Lipinski definition) is 6. The Kier molecular flexibility index (Phi) is 5.69. The van der Waals surface area contributed by atoms with Gasteiger partial charge in [-0.2, -0.15) is 0 Å². The highest BCUT2D eigenvalue weighted by molar-refractivity contribution is 8.00. The Morgan fingerprint density at radius 3 is 2.43 bits per heavy atom. The molecule has 0 aliphatic heterocycles. The summed E-state index contributed by atoms with van der Waals surface area (Å²) in [4.78, 5) is 22.6. The predicted octanol–water partition coefficient (Wildman–Crippen LogP) is 3.65. The number of non-ortho nitro benzene ring substituents is 1. The number of nitrogens with zero attached hydrogens (tertiary/aromatic N) is 4. The second kappa shape index (κ2) is 8.17. The molecule has 3 aromatic rings. The third-order valence-corrected chi connectivity index (χ3v) is 5.07. The number of nitro benzene ring substituents is 1. The minimum Gasteiger partial charge on any atom is -0.325 e. The van der Waals surface area contributed by atoms with Gasteiger partial charge in [-0.25, -0.2) is 4.39 Å². The molecule has 10 heteroatoms. The van der Waals surface area contributed by atoms with Crippen molar-refractivity contribution in [1.82, 2.24) is 14.8 Å². The summed E-state index contributed by atoms with van der Waals surface area (Å²) >= 11 is 1.22. The maximum absolute atomic E-state index is 13.1. The van der Waals surface area contributed by atoms with E-state index < -0.39 is 10.2 Å². The molecule has 0 saturated heterocycles. The van der Waals surface area contributed by atoms with Crippen LogP contribution in [0.15, 0.2) is 53.7 Å². The number of anilines is 1. The summed E-state index contributed by atoms with van der Waals surface area (Å²) in [6.07, 6.45) is 0. The second-order valence-electron chi connectivity index (χ2n) is 5.93. The van der Waals surface area contributed by atoms with Crippen molar-refractivity contribution in [2.75, 3.05) is 5.32 Å². The van der Waals surface area contributed by atoms with Gasteiger partial charge in [0.1, 0.15) is 5.82 Å². The number of carbonyl (C=O) groups excluding carboxylic acids is 1. The van der Waals surface area contributed by atoms with Crippen molar-refractivity contribution in [1.29, 1.82) is 0 Å². The summed E-state index contributed by atoms with van der Waals surface area (Å²) in [6.45, 7) is 1.72. The van der Waals surface area contributed by atoms with E-state index >= 15 is 0 Å². The van der Waals surface area contributed by atoms with E-state index in [2.05, 4.69) is 15.5 Å². The molecule has 0 saturated carbocycles. The fourth-order valence-corrected chi connectivity index (χ4v) is 3.20. The molecule has 1 heterocycles. The zero-order chi connectivity index (χ0) is 20.3. The van der Waals surface area contributed by atoms with E-state index in [1.807, 2.05) is 0 Å². The zero-order valence-electron chi connectivity index (χ0n) is 15.0. The molecule has 144 valence electrons. The third kappa shape index (κ3) is 4.34. The summed E-state index contributed by atoms with van der Waals surface area (Å²) in [6, 6.07) is 11.5. The van der Waals surface area contributed by atoms with Crippen LogP contribution in [-0.4, -0.2) is 30.8 Å². The van der Waals surface area contributed by atoms with Crippen molar-refractivity contribution in [3.8, 4) is 11.4 Å². The van der Waals surface area contributed by atoms with Crippen LogP contribution in [0.1, 0.15) is 6.92 Å². The molecule has 0 aliphatic rings. The van der Waals surface area contributed by atoms with Crippen molar-refractivity contribution >= 4 is 29.0 Å². The summed E-state index contributed by atoms with van der Waals surface area (Å²) in [5, 5.41) is 21.7. The minimum atomic E-state index is -0.503. The summed E-state index contributed by atoms with van der Waals surface area (Å²) in [5.41, 5.74) is 1.13. The van der Waals surface area contributed by atoms with Crippen LogP contribution in [0, 0.1) is 15.9 Å². The molecule has 1 N–H and O–H groups in total. The van der Waals surface area contributed by atoms with Gasteiger partial charge in [-0.1, -0.05) is 11.8 Å². The van der Waals surface area contributed by atoms with Crippen LogP contribution in [-0.2, 0) is 11.8 Å². The van der Waals surface area contributed by atoms with Gasteiger partial charge < -0.3 is 9.88 Å². The van der Waals surface area contributed by atoms with E-state index in [1.54, 1.807) is 30.7 Å². The van der Waals surface area contributed by atoms with Gasteiger partial charge in [0.25, 0.3) is 5.69 Å². The Morgan fingerprint density at radius 2 is 1.82 bits per heavy atom. The average molecular weight is 401 g/mol. The fraction of sp³-hybridized carbons (Fsp3) is 0.167. The molecule has 2 aromatic carbocycles. The highest BCUT2D eigenvalue weighted by atomic mass is 32.2. The van der Waals surface area contributed by atoms with E-state index in [4.69, 9.17) is 0 Å². The van der Waals surface area contributed by atoms with Gasteiger partial charge in [-0.05, 0) is 43.3 Å². The van der Waals surface area contributed by atoms with Gasteiger partial charge in [0.2, 0.25) is 5.91 Å². The largest absolute Gasteiger partial charge is 0.325 e. The minimum absolute atomic E-state index is 0.0483. The van der Waals surface area contributed by atoms with E-state index in [0.717, 1.165) is 0 Å². The van der Waals surface area contributed by atoms with Crippen LogP contribution in [0.25, 0.3) is 11.4 Å². The van der Waals surface area contributed by atoms with Crippen LogP contribution in [0.5, 0.6) is 0 Å². The summed E-state index contributed by atoms with van der Waals surface area (Å²) in [7, 11) is 1.77. The number of thioether (sulfide) groups is 1. The normalized spacial score (nSPS) is 11.8. The lowest BCUT2D eigenvalue weighted by Crippen LogP contribution is -2.22. The first-order valence-electron chi connectivity index (χ1n) is 8.22. The van der Waals surface area contributed by atoms with Gasteiger partial charge in [0.05, 0.1) is 10.2 Å². The van der Waals surface area contributed by atoms with Crippen LogP contribution in [0.3, 0.4) is 0 Å². The molecule has 0 aliphatic carbocycles. The molecule has 8 nitrogen and oxygen atoms in total. The van der Waals surface area contributed by atoms with Gasteiger partial charge in [-0.3, -0.25) is 14.9 Å². The molecule has 1 unspecified atom stereocenters. The smallest absolute Gasteiger partial charge is 0.269 e. The lowest BCUT2D eigenvalue weighted by molar-refractivity contribution is -0.384. The number of halogens is 1. The maximum Gasteiger partial charge on any atom is 0.269 e. The van der Waals surface area contributed by atoms with Gasteiger partial charge in [-0.15, -0.1) is 10.2 Å². The first-order chi connectivity index (χ1) is 13.3. The molecule has 1 amide bonds. The SMILES string of the molecule is CC(Sc1nnc(-c2ccc(F)cc2)n1C)C(=O)Nc1ccc([N+](=O)[O-])cc1. The van der Waals surface area contributed by atoms with E-state index in [0.29, 0.717) is 22.2 Å². The van der Waals surface area contributed by atoms with Crippen LogP contribution in [0.2, 0.25) is 0 Å². The molecule has 1 aromatic heterocycles. The molecule has 3 rings (SSSR count). The Balaban J connectivity index is 1.67. The van der Waals surface area contributed by atoms with Crippen molar-refractivity contribution in [3.63, 3.8) is 0 Å². The Bertz CT molecular complexity index is 1010. The lowest BCUT2D eigenvalue weighted by Gasteiger charge is -2.11. The zero-order valence-corrected chi connectivity index (χ0v) is 15.8. The number of carbonyl (C=O) groups is 1. The third-order valence-electron chi connectivity index (χ3n) is 3.93. The molecule has 0 spiro atoms. The first-order valence-corrected chi connectivity index (χ1v) is 9.10. The highest BCUT2D eigenvalue weighted by Gasteiger charge is 2.20. The lowest BCUT2D eigenvalue weighted by atomic mass is 10.2. The van der Waals surface area contributed by atoms with E-state index in [1.165, 1.54) is 48.2 Å². The van der Waals surface area contributed by atoms with Crippen molar-refractivity contribution in [2.45, 2.75) is 17.3 Å². The number of aromatic nitrogens is 3. The molecule has 0 bridgehead atoms. The molecule has 1 atom stereocenters. The van der Waals surface area contributed by atoms with Crippen molar-refractivity contribution in [3.05, 3.63) is 64.5 Å². The molecular formula is C18H16FN5O3S. The van der Waals surface area contributed by atoms with Crippen molar-refractivity contribution < 1.29 is 14.1 Å². The van der Waals surface area contributed by atoms with Gasteiger partial charge >= 0.3 is 0 Å². The fourth-order valence-electron chi connectivity index (χ4n) is 2.39. The first kappa shape index (κ1) is 19.5. The average Bonchev–Trinajstić information content (AvgIpc) is 3.03. The highest BCUT2D eigenvalue weighted by Crippen LogP contribution is 2.26. The molecule has 28 heavy (non-hydrogen) atoms. The van der Waals surface area contributed by atoms with Crippen LogP contribution >= 0.6 is 11.8 Å². The topological polar surface area (TPSA) is 103 Å². The Morgan fingerprint density at radius 1 is 1.18 bits per heavy atom. The number of nitrogens with one attached hydrogen (secondary N) is 1. The van der Waals surface area contributed by atoms with Crippen molar-refractivity contribution in [2.24, 2.45) is 7.05 Å². The number of hydrogen-bond donors (Lipinski definition) is 1. The quantitative estimate of drug-likeness (QED) is 0.384. The number of rotatable bonds is 6. The van der Waals surface area contributed by atoms with Gasteiger partial charge in [0.15, 0.2) is 11.0 Å². The monoisotopic (exact) mass is 401 g/mol. The second-order valence-corrected chi connectivity index (χ2v) is 7.23. The van der Waals surface area contributed by atoms with Crippen LogP contribution < -0.4 is 5.32 Å². The molecule has 0 radical (unpaired) electrons. The Hall–Kier alpha value is -3.27. The van der Waals surface area contributed by atoms with E-state index in [-0.39, 0.29) is 17.4 Å². The summed E-state index contributed by atoms with van der Waals surface area (Å²) in [5.74, 6) is -0.0484. The Labute approximate surface area is 163 Å². The summed E-state index contributed by atoms with van der Waals surface area (Å²) < 4.78 is 14.8. The van der Waals surface area contributed by atoms with Gasteiger partial charge in [0, 0.05) is 30.4 Å². The standard InChI is InChI=1S/C18H16FN5O3S/c1-11(17(25)20-14-7-9-15(10-8-14)24(26)27)28-18-22-21-16(23(18)2)12-3-5-13(19)6-4-12/h3-11H,1-2H3,(H,20,25). The molecule has 0 fully saturated rings. The molecular weight excluding hydrogens is 385 g/mol. The number of benzene rings is 2. The number of amides is 1. The van der Waals surface area contributed by atoms with Crippen LogP contribution in [0.4, 0.5) is 15.8 Å². The van der Waals surface area contributed by atoms with E-state index in [9.17, 15) is 19.3 Å². The maximum atomic E-state index is 13.1. The predicted molar refractivity (Wildman–Crippen MR) is 103 cm³/mol.